The van der Waals surface area contributed by atoms with Crippen molar-refractivity contribution in [3.8, 4) is 5.75 Å². The van der Waals surface area contributed by atoms with Crippen LogP contribution in [0.25, 0.3) is 0 Å². The summed E-state index contributed by atoms with van der Waals surface area (Å²) in [6, 6.07) is 4.09. The molecular formula is C14H19NO5S. The van der Waals surface area contributed by atoms with E-state index in [1.165, 1.54) is 18.2 Å². The summed E-state index contributed by atoms with van der Waals surface area (Å²) >= 11 is 0. The Labute approximate surface area is 124 Å². The van der Waals surface area contributed by atoms with E-state index in [1.807, 2.05) is 0 Å². The van der Waals surface area contributed by atoms with E-state index in [0.29, 0.717) is 12.5 Å². The van der Waals surface area contributed by atoms with Gasteiger partial charge in [-0.2, -0.15) is 0 Å². The normalized spacial score (nSPS) is 15.0. The summed E-state index contributed by atoms with van der Waals surface area (Å²) < 4.78 is 33.8. The van der Waals surface area contributed by atoms with Crippen LogP contribution in [-0.2, 0) is 14.8 Å². The summed E-state index contributed by atoms with van der Waals surface area (Å²) in [7, 11) is -3.99. The van der Waals surface area contributed by atoms with E-state index in [-0.39, 0.29) is 22.3 Å². The molecule has 2 rings (SSSR count). The Kier molecular flexibility index (Phi) is 4.53. The summed E-state index contributed by atoms with van der Waals surface area (Å²) in [6.07, 6.45) is 1.92. The van der Waals surface area contributed by atoms with Crippen molar-refractivity contribution in [2.45, 2.75) is 37.7 Å². The van der Waals surface area contributed by atoms with Crippen LogP contribution in [0, 0.1) is 5.92 Å². The molecule has 1 aromatic rings. The fourth-order valence-electron chi connectivity index (χ4n) is 1.77. The van der Waals surface area contributed by atoms with Crippen molar-refractivity contribution in [1.29, 1.82) is 0 Å². The van der Waals surface area contributed by atoms with Crippen molar-refractivity contribution in [1.82, 2.24) is 0 Å². The van der Waals surface area contributed by atoms with E-state index in [0.717, 1.165) is 12.8 Å². The Bertz CT molecular complexity index is 635. The van der Waals surface area contributed by atoms with Gasteiger partial charge in [0.2, 0.25) is 10.0 Å². The zero-order valence-electron chi connectivity index (χ0n) is 12.0. The summed E-state index contributed by atoms with van der Waals surface area (Å²) in [5, 5.41) is 5.17. The minimum atomic E-state index is -3.99. The molecule has 6 nitrogen and oxygen atoms in total. The number of hydrogen-bond donors (Lipinski definition) is 1. The highest BCUT2D eigenvalue weighted by Gasteiger charge is 2.24. The predicted octanol–water partition coefficient (Wildman–Crippen LogP) is 1.69. The van der Waals surface area contributed by atoms with Gasteiger partial charge in [0.05, 0.1) is 18.3 Å². The van der Waals surface area contributed by atoms with Crippen molar-refractivity contribution in [2.24, 2.45) is 11.1 Å². The van der Waals surface area contributed by atoms with Crippen LogP contribution in [0.5, 0.6) is 5.75 Å². The van der Waals surface area contributed by atoms with Crippen molar-refractivity contribution in [2.75, 3.05) is 6.61 Å². The lowest BCUT2D eigenvalue weighted by Crippen LogP contribution is -2.17. The molecule has 0 aromatic heterocycles. The predicted molar refractivity (Wildman–Crippen MR) is 76.6 cm³/mol. The van der Waals surface area contributed by atoms with Crippen LogP contribution in [-0.4, -0.2) is 27.1 Å². The zero-order chi connectivity index (χ0) is 15.6. The van der Waals surface area contributed by atoms with E-state index in [2.05, 4.69) is 0 Å². The number of carbonyl (C=O) groups is 1. The number of primary sulfonamides is 1. The molecule has 0 bridgehead atoms. The third-order valence-corrected chi connectivity index (χ3v) is 3.93. The molecule has 1 aliphatic rings. The minimum absolute atomic E-state index is 0.131. The van der Waals surface area contributed by atoms with Gasteiger partial charge < -0.3 is 9.47 Å². The van der Waals surface area contributed by atoms with Crippen LogP contribution in [0.15, 0.2) is 23.1 Å². The lowest BCUT2D eigenvalue weighted by atomic mass is 10.2. The summed E-state index contributed by atoms with van der Waals surface area (Å²) in [5.41, 5.74) is 0.149. The fraction of sp³-hybridized carbons (Fsp3) is 0.500. The number of carbonyl (C=O) groups excluding carboxylic acids is 1. The third kappa shape index (κ3) is 4.44. The number of esters is 1. The quantitative estimate of drug-likeness (QED) is 0.806. The first-order valence-electron chi connectivity index (χ1n) is 6.78. The van der Waals surface area contributed by atoms with E-state index in [9.17, 15) is 13.2 Å². The molecule has 0 radical (unpaired) electrons. The van der Waals surface area contributed by atoms with Crippen LogP contribution in [0.3, 0.4) is 0 Å². The molecule has 1 aliphatic carbocycles. The average molecular weight is 313 g/mol. The number of nitrogens with two attached hydrogens (primary N) is 1. The topological polar surface area (TPSA) is 95.7 Å². The minimum Gasteiger partial charge on any atom is -0.490 e. The highest BCUT2D eigenvalue weighted by Crippen LogP contribution is 2.30. The first-order chi connectivity index (χ1) is 9.77. The van der Waals surface area contributed by atoms with Gasteiger partial charge in [-0.1, -0.05) is 0 Å². The van der Waals surface area contributed by atoms with Crippen molar-refractivity contribution in [3.05, 3.63) is 23.8 Å². The number of benzene rings is 1. The van der Waals surface area contributed by atoms with E-state index in [1.54, 1.807) is 13.8 Å². The molecule has 2 N–H and O–H groups in total. The van der Waals surface area contributed by atoms with Gasteiger partial charge in [0, 0.05) is 0 Å². The summed E-state index contributed by atoms with van der Waals surface area (Å²) in [6.45, 7) is 3.91. The Hall–Kier alpha value is -1.60. The summed E-state index contributed by atoms with van der Waals surface area (Å²) in [5.74, 6) is 0.0179. The standard InChI is InChI=1S/C14H19NO5S/c1-9(2)20-12-6-5-11(7-13(12)21(15,17)18)14(16)19-8-10-3-4-10/h5-7,9-10H,3-4,8H2,1-2H3,(H2,15,17,18). The number of ether oxygens (including phenoxy) is 2. The maximum Gasteiger partial charge on any atom is 0.338 e. The first-order valence-corrected chi connectivity index (χ1v) is 8.32. The Morgan fingerprint density at radius 3 is 2.57 bits per heavy atom. The van der Waals surface area contributed by atoms with Crippen molar-refractivity contribution < 1.29 is 22.7 Å². The van der Waals surface area contributed by atoms with Crippen LogP contribution in [0.1, 0.15) is 37.0 Å². The molecule has 0 aliphatic heterocycles. The second-order valence-corrected chi connectivity index (χ2v) is 6.94. The maximum atomic E-state index is 11.9. The summed E-state index contributed by atoms with van der Waals surface area (Å²) in [4.78, 5) is 11.7. The van der Waals surface area contributed by atoms with Crippen molar-refractivity contribution in [3.63, 3.8) is 0 Å². The lowest BCUT2D eigenvalue weighted by Gasteiger charge is -2.14. The van der Waals surface area contributed by atoms with Gasteiger partial charge in [0.1, 0.15) is 10.6 Å². The molecule has 1 saturated carbocycles. The van der Waals surface area contributed by atoms with Gasteiger partial charge >= 0.3 is 5.97 Å². The second kappa shape index (κ2) is 6.03. The van der Waals surface area contributed by atoms with Gasteiger partial charge in [0.15, 0.2) is 0 Å². The third-order valence-electron chi connectivity index (χ3n) is 3.00. The first kappa shape index (κ1) is 15.8. The van der Waals surface area contributed by atoms with Gasteiger partial charge in [-0.25, -0.2) is 18.4 Å². The second-order valence-electron chi connectivity index (χ2n) is 5.41. The fourth-order valence-corrected chi connectivity index (χ4v) is 2.46. The smallest absolute Gasteiger partial charge is 0.338 e. The molecule has 1 fully saturated rings. The van der Waals surface area contributed by atoms with Gasteiger partial charge in [0.25, 0.3) is 0 Å². The maximum absolute atomic E-state index is 11.9. The molecule has 0 unspecified atom stereocenters. The highest BCUT2D eigenvalue weighted by atomic mass is 32.2. The van der Waals surface area contributed by atoms with Gasteiger partial charge in [-0.05, 0) is 50.8 Å². The lowest BCUT2D eigenvalue weighted by molar-refractivity contribution is 0.0485. The van der Waals surface area contributed by atoms with E-state index in [4.69, 9.17) is 14.6 Å². The van der Waals surface area contributed by atoms with Crippen LogP contribution < -0.4 is 9.88 Å². The van der Waals surface area contributed by atoms with Gasteiger partial charge in [-0.15, -0.1) is 0 Å². The van der Waals surface area contributed by atoms with Crippen LogP contribution in [0.2, 0.25) is 0 Å². The molecule has 1 aromatic carbocycles. The monoisotopic (exact) mass is 313 g/mol. The Morgan fingerprint density at radius 2 is 2.05 bits per heavy atom. The molecule has 0 atom stereocenters. The average Bonchev–Trinajstić information content (AvgIpc) is 3.18. The largest absolute Gasteiger partial charge is 0.490 e. The molecule has 21 heavy (non-hydrogen) atoms. The Morgan fingerprint density at radius 1 is 1.38 bits per heavy atom. The van der Waals surface area contributed by atoms with Crippen molar-refractivity contribution >= 4 is 16.0 Å². The van der Waals surface area contributed by atoms with Crippen LogP contribution >= 0.6 is 0 Å². The molecule has 0 heterocycles. The van der Waals surface area contributed by atoms with E-state index < -0.39 is 16.0 Å². The Balaban J connectivity index is 2.25. The zero-order valence-corrected chi connectivity index (χ0v) is 12.9. The number of sulfonamides is 1. The highest BCUT2D eigenvalue weighted by molar-refractivity contribution is 7.89. The molecule has 0 spiro atoms. The molecule has 0 saturated heterocycles. The molecular weight excluding hydrogens is 294 g/mol. The number of hydrogen-bond acceptors (Lipinski definition) is 5. The SMILES string of the molecule is CC(C)Oc1ccc(C(=O)OCC2CC2)cc1S(N)(=O)=O. The molecule has 0 amide bonds. The molecule has 116 valence electrons. The van der Waals surface area contributed by atoms with E-state index >= 15 is 0 Å². The number of rotatable bonds is 6. The van der Waals surface area contributed by atoms with Gasteiger partial charge in [-0.3, -0.25) is 0 Å². The molecule has 7 heteroatoms. The van der Waals surface area contributed by atoms with Crippen LogP contribution in [0.4, 0.5) is 0 Å².